The minimum Gasteiger partial charge on any atom is -0.394 e. The van der Waals surface area contributed by atoms with E-state index in [-0.39, 0.29) is 13.2 Å². The monoisotopic (exact) mass is 257 g/mol. The van der Waals surface area contributed by atoms with Gasteiger partial charge in [0.25, 0.3) is 0 Å². The van der Waals surface area contributed by atoms with Crippen molar-refractivity contribution in [2.24, 2.45) is 0 Å². The average Bonchev–Trinajstić information content (AvgIpc) is 3.15. The smallest absolute Gasteiger partial charge is 0.137 e. The van der Waals surface area contributed by atoms with Gasteiger partial charge in [-0.2, -0.15) is 0 Å². The van der Waals surface area contributed by atoms with Crippen molar-refractivity contribution in [2.45, 2.75) is 31.7 Å². The van der Waals surface area contributed by atoms with Crippen LogP contribution in [0.4, 0.5) is 5.82 Å². The zero-order valence-electron chi connectivity index (χ0n) is 9.65. The van der Waals surface area contributed by atoms with Gasteiger partial charge < -0.3 is 15.5 Å². The highest BCUT2D eigenvalue weighted by molar-refractivity contribution is 6.30. The molecule has 3 N–H and O–H groups in total. The number of rotatable bonds is 5. The predicted molar refractivity (Wildman–Crippen MR) is 65.3 cm³/mol. The van der Waals surface area contributed by atoms with Gasteiger partial charge in [-0.25, -0.2) is 9.97 Å². The number of anilines is 1. The van der Waals surface area contributed by atoms with Crippen LogP contribution in [-0.4, -0.2) is 39.4 Å². The van der Waals surface area contributed by atoms with Crippen LogP contribution < -0.4 is 5.32 Å². The summed E-state index contributed by atoms with van der Waals surface area (Å²) in [5.41, 5.74) is 0.739. The molecule has 94 valence electrons. The minimum absolute atomic E-state index is 0.156. The zero-order valence-corrected chi connectivity index (χ0v) is 10.4. The van der Waals surface area contributed by atoms with Crippen LogP contribution in [-0.2, 0) is 0 Å². The van der Waals surface area contributed by atoms with E-state index in [4.69, 9.17) is 21.8 Å². The summed E-state index contributed by atoms with van der Waals surface area (Å²) in [6.45, 7) is 1.50. The summed E-state index contributed by atoms with van der Waals surface area (Å²) in [6, 6.07) is -0.424. The fourth-order valence-electron chi connectivity index (χ4n) is 1.51. The van der Waals surface area contributed by atoms with Gasteiger partial charge in [0.2, 0.25) is 0 Å². The molecule has 1 saturated carbocycles. The molecule has 6 heteroatoms. The van der Waals surface area contributed by atoms with E-state index in [2.05, 4.69) is 15.3 Å². The maximum atomic E-state index is 9.04. The fourth-order valence-corrected chi connectivity index (χ4v) is 1.69. The first-order valence-corrected chi connectivity index (χ1v) is 6.05. The molecule has 5 nitrogen and oxygen atoms in total. The summed E-state index contributed by atoms with van der Waals surface area (Å²) >= 11 is 6.04. The van der Waals surface area contributed by atoms with Gasteiger partial charge in [-0.1, -0.05) is 11.6 Å². The number of aliphatic hydroxyl groups excluding tert-OH is 2. The van der Waals surface area contributed by atoms with Gasteiger partial charge in [-0.15, -0.1) is 0 Å². The molecule has 0 atom stereocenters. The largest absolute Gasteiger partial charge is 0.394 e. The van der Waals surface area contributed by atoms with Crippen molar-refractivity contribution in [1.29, 1.82) is 0 Å². The Balaban J connectivity index is 2.24. The third kappa shape index (κ3) is 2.86. The van der Waals surface area contributed by atoms with Crippen LogP contribution in [0.5, 0.6) is 0 Å². The molecule has 1 fully saturated rings. The molecule has 17 heavy (non-hydrogen) atoms. The maximum absolute atomic E-state index is 9.04. The lowest BCUT2D eigenvalue weighted by Crippen LogP contribution is -2.28. The number of hydrogen-bond donors (Lipinski definition) is 3. The predicted octanol–water partition coefficient (Wildman–Crippen LogP) is 1.08. The van der Waals surface area contributed by atoms with E-state index in [1.54, 1.807) is 0 Å². The second kappa shape index (κ2) is 5.16. The van der Waals surface area contributed by atoms with E-state index >= 15 is 0 Å². The van der Waals surface area contributed by atoms with Crippen LogP contribution in [0.1, 0.15) is 30.1 Å². The third-order valence-electron chi connectivity index (χ3n) is 2.83. The van der Waals surface area contributed by atoms with Gasteiger partial charge in [0.1, 0.15) is 16.8 Å². The van der Waals surface area contributed by atoms with Crippen molar-refractivity contribution in [3.8, 4) is 0 Å². The first-order valence-electron chi connectivity index (χ1n) is 5.68. The highest BCUT2D eigenvalue weighted by Crippen LogP contribution is 2.39. The minimum atomic E-state index is -0.424. The molecule has 0 aromatic carbocycles. The number of hydrogen-bond acceptors (Lipinski definition) is 5. The first-order chi connectivity index (χ1) is 8.15. The molecule has 0 saturated heterocycles. The molecule has 0 bridgehead atoms. The molecule has 2 rings (SSSR count). The van der Waals surface area contributed by atoms with Crippen molar-refractivity contribution < 1.29 is 10.2 Å². The van der Waals surface area contributed by atoms with Gasteiger partial charge in [-0.05, 0) is 19.8 Å². The van der Waals surface area contributed by atoms with Gasteiger partial charge in [0.05, 0.1) is 19.3 Å². The summed E-state index contributed by atoms with van der Waals surface area (Å²) in [6.07, 6.45) is 2.20. The average molecular weight is 258 g/mol. The summed E-state index contributed by atoms with van der Waals surface area (Å²) in [4.78, 5) is 8.65. The van der Waals surface area contributed by atoms with Crippen molar-refractivity contribution in [1.82, 2.24) is 9.97 Å². The normalized spacial score (nSPS) is 15.4. The quantitative estimate of drug-likeness (QED) is 0.688. The Kier molecular flexibility index (Phi) is 3.81. The second-order valence-electron chi connectivity index (χ2n) is 4.33. The molecule has 0 amide bonds. The summed E-state index contributed by atoms with van der Waals surface area (Å²) in [5, 5.41) is 21.5. The van der Waals surface area contributed by atoms with Crippen LogP contribution in [0.3, 0.4) is 0 Å². The highest BCUT2D eigenvalue weighted by atomic mass is 35.5. The lowest BCUT2D eigenvalue weighted by molar-refractivity contribution is 0.203. The summed E-state index contributed by atoms with van der Waals surface area (Å²) in [5.74, 6) is 1.76. The van der Waals surface area contributed by atoms with Crippen LogP contribution in [0.25, 0.3) is 0 Å². The lowest BCUT2D eigenvalue weighted by atomic mass is 10.2. The number of aromatic nitrogens is 2. The summed E-state index contributed by atoms with van der Waals surface area (Å²) in [7, 11) is 0. The summed E-state index contributed by atoms with van der Waals surface area (Å²) < 4.78 is 0. The number of halogens is 1. The zero-order chi connectivity index (χ0) is 12.4. The van der Waals surface area contributed by atoms with E-state index in [0.29, 0.717) is 16.9 Å². The Morgan fingerprint density at radius 1 is 1.35 bits per heavy atom. The Labute approximate surface area is 105 Å². The molecule has 0 aliphatic heterocycles. The molecule has 0 spiro atoms. The Morgan fingerprint density at radius 2 is 2.00 bits per heavy atom. The Morgan fingerprint density at radius 3 is 2.53 bits per heavy atom. The van der Waals surface area contributed by atoms with Gasteiger partial charge in [0.15, 0.2) is 0 Å². The van der Waals surface area contributed by atoms with Gasteiger partial charge in [-0.3, -0.25) is 0 Å². The highest BCUT2D eigenvalue weighted by Gasteiger charge is 2.28. The Bertz CT molecular complexity index is 406. The van der Waals surface area contributed by atoms with Crippen molar-refractivity contribution in [3.05, 3.63) is 16.5 Å². The van der Waals surface area contributed by atoms with E-state index in [9.17, 15) is 0 Å². The maximum Gasteiger partial charge on any atom is 0.137 e. The van der Waals surface area contributed by atoms with Crippen LogP contribution in [0, 0.1) is 6.92 Å². The second-order valence-corrected chi connectivity index (χ2v) is 4.68. The van der Waals surface area contributed by atoms with Crippen molar-refractivity contribution >= 4 is 17.4 Å². The number of aliphatic hydroxyl groups is 2. The third-order valence-corrected chi connectivity index (χ3v) is 3.20. The molecule has 1 aliphatic carbocycles. The molecule has 1 aromatic rings. The molecular weight excluding hydrogens is 242 g/mol. The van der Waals surface area contributed by atoms with E-state index in [0.717, 1.165) is 24.2 Å². The number of nitrogens with zero attached hydrogens (tertiary/aromatic N) is 2. The van der Waals surface area contributed by atoms with Crippen molar-refractivity contribution in [3.63, 3.8) is 0 Å². The van der Waals surface area contributed by atoms with E-state index < -0.39 is 6.04 Å². The van der Waals surface area contributed by atoms with Crippen molar-refractivity contribution in [2.75, 3.05) is 18.5 Å². The SMILES string of the molecule is Cc1c(Cl)nc(C2CC2)nc1NC(CO)CO. The standard InChI is InChI=1S/C11H16ClN3O2/c1-6-9(12)14-11(7-2-3-7)15-10(6)13-8(4-16)5-17/h7-8,16-17H,2-5H2,1H3,(H,13,14,15). The molecule has 1 heterocycles. The van der Waals surface area contributed by atoms with Crippen LogP contribution in [0.15, 0.2) is 0 Å². The van der Waals surface area contributed by atoms with Gasteiger partial charge >= 0.3 is 0 Å². The number of nitrogens with one attached hydrogen (secondary N) is 1. The van der Waals surface area contributed by atoms with Crippen LogP contribution >= 0.6 is 11.6 Å². The van der Waals surface area contributed by atoms with E-state index in [1.807, 2.05) is 6.92 Å². The van der Waals surface area contributed by atoms with E-state index in [1.165, 1.54) is 0 Å². The molecular formula is C11H16ClN3O2. The molecule has 0 radical (unpaired) electrons. The molecule has 1 aromatic heterocycles. The fraction of sp³-hybridized carbons (Fsp3) is 0.636. The molecule has 0 unspecified atom stereocenters. The first kappa shape index (κ1) is 12.5. The topological polar surface area (TPSA) is 78.3 Å². The lowest BCUT2D eigenvalue weighted by Gasteiger charge is -2.16. The van der Waals surface area contributed by atoms with Crippen LogP contribution in [0.2, 0.25) is 5.15 Å². The molecule has 1 aliphatic rings. The Hall–Kier alpha value is -0.910. The van der Waals surface area contributed by atoms with Gasteiger partial charge in [0, 0.05) is 11.5 Å².